The SMILES string of the molecule is CCCCn1c(O)c(/C=N/NCC[NH+](CC)CC)c(=O)[nH]c1=S. The number of rotatable bonds is 10. The van der Waals surface area contributed by atoms with E-state index in [1.807, 2.05) is 0 Å². The van der Waals surface area contributed by atoms with Crippen LogP contribution in [-0.2, 0) is 6.54 Å². The van der Waals surface area contributed by atoms with Crippen molar-refractivity contribution in [3.8, 4) is 5.88 Å². The molecule has 7 nitrogen and oxygen atoms in total. The van der Waals surface area contributed by atoms with Crippen molar-refractivity contribution in [3.63, 3.8) is 0 Å². The molecule has 1 heterocycles. The number of unbranched alkanes of at least 4 members (excludes halogenated alkanes) is 1. The molecule has 1 aromatic rings. The lowest BCUT2D eigenvalue weighted by Crippen LogP contribution is -3.12. The molecule has 0 fully saturated rings. The molecule has 0 aromatic carbocycles. The molecule has 0 aliphatic carbocycles. The van der Waals surface area contributed by atoms with E-state index in [0.717, 1.165) is 32.5 Å². The third kappa shape index (κ3) is 5.80. The second kappa shape index (κ2) is 10.2. The van der Waals surface area contributed by atoms with Crippen LogP contribution < -0.4 is 15.9 Å². The molecule has 0 aliphatic heterocycles. The molecular weight excluding hydrogens is 314 g/mol. The van der Waals surface area contributed by atoms with Crippen LogP contribution in [0.3, 0.4) is 0 Å². The van der Waals surface area contributed by atoms with E-state index in [9.17, 15) is 9.90 Å². The highest BCUT2D eigenvalue weighted by molar-refractivity contribution is 7.71. The topological polar surface area (TPSA) is 86.8 Å². The molecule has 0 saturated carbocycles. The average Bonchev–Trinajstić information content (AvgIpc) is 2.53. The van der Waals surface area contributed by atoms with Gasteiger partial charge in [-0.1, -0.05) is 13.3 Å². The van der Waals surface area contributed by atoms with E-state index < -0.39 is 5.56 Å². The first-order valence-electron chi connectivity index (χ1n) is 8.20. The van der Waals surface area contributed by atoms with Crippen LogP contribution in [0.25, 0.3) is 0 Å². The molecule has 0 unspecified atom stereocenters. The number of hydrogen-bond donors (Lipinski definition) is 4. The molecule has 0 aliphatic rings. The number of aromatic amines is 1. The molecule has 0 saturated heterocycles. The lowest BCUT2D eigenvalue weighted by Gasteiger charge is -2.14. The van der Waals surface area contributed by atoms with Crippen LogP contribution >= 0.6 is 12.2 Å². The van der Waals surface area contributed by atoms with Crippen molar-refractivity contribution >= 4 is 18.4 Å². The van der Waals surface area contributed by atoms with Gasteiger partial charge in [-0.05, 0) is 32.5 Å². The predicted octanol–water partition coefficient (Wildman–Crippen LogP) is 0.260. The lowest BCUT2D eigenvalue weighted by atomic mass is 10.3. The maximum Gasteiger partial charge on any atom is 0.264 e. The molecule has 0 bridgehead atoms. The third-order valence-corrected chi connectivity index (χ3v) is 4.14. The molecule has 0 radical (unpaired) electrons. The van der Waals surface area contributed by atoms with Gasteiger partial charge in [0.1, 0.15) is 5.56 Å². The van der Waals surface area contributed by atoms with Crippen molar-refractivity contribution in [1.29, 1.82) is 0 Å². The van der Waals surface area contributed by atoms with Crippen molar-refractivity contribution in [3.05, 3.63) is 20.7 Å². The second-order valence-corrected chi connectivity index (χ2v) is 5.76. The van der Waals surface area contributed by atoms with E-state index in [2.05, 4.69) is 36.3 Å². The van der Waals surface area contributed by atoms with Gasteiger partial charge in [0.2, 0.25) is 5.88 Å². The summed E-state index contributed by atoms with van der Waals surface area (Å²) in [7, 11) is 0. The van der Waals surface area contributed by atoms with E-state index in [4.69, 9.17) is 12.2 Å². The fraction of sp³-hybridized carbons (Fsp3) is 0.667. The average molecular weight is 342 g/mol. The van der Waals surface area contributed by atoms with Crippen molar-refractivity contribution in [2.75, 3.05) is 26.2 Å². The van der Waals surface area contributed by atoms with Gasteiger partial charge in [0.25, 0.3) is 5.56 Å². The van der Waals surface area contributed by atoms with Gasteiger partial charge < -0.3 is 15.4 Å². The summed E-state index contributed by atoms with van der Waals surface area (Å²) in [6.07, 6.45) is 3.19. The highest BCUT2D eigenvalue weighted by Crippen LogP contribution is 2.12. The van der Waals surface area contributed by atoms with Gasteiger partial charge in [0.05, 0.1) is 32.4 Å². The predicted molar refractivity (Wildman–Crippen MR) is 95.0 cm³/mol. The number of H-pyrrole nitrogens is 1. The second-order valence-electron chi connectivity index (χ2n) is 5.38. The van der Waals surface area contributed by atoms with Gasteiger partial charge in [0, 0.05) is 6.54 Å². The molecular formula is C15H28N5O2S+. The fourth-order valence-corrected chi connectivity index (χ4v) is 2.50. The van der Waals surface area contributed by atoms with E-state index in [0.29, 0.717) is 13.1 Å². The minimum atomic E-state index is -0.430. The van der Waals surface area contributed by atoms with Crippen LogP contribution in [0.2, 0.25) is 0 Å². The number of aromatic hydroxyl groups is 1. The summed E-state index contributed by atoms with van der Waals surface area (Å²) in [5.41, 5.74) is 2.61. The number of likely N-dealkylation sites (N-methyl/N-ethyl adjacent to an activating group) is 1. The van der Waals surface area contributed by atoms with Gasteiger partial charge in [-0.3, -0.25) is 14.3 Å². The van der Waals surface area contributed by atoms with Crippen LogP contribution in [0.15, 0.2) is 9.90 Å². The Morgan fingerprint density at radius 3 is 2.70 bits per heavy atom. The maximum absolute atomic E-state index is 11.9. The zero-order valence-electron chi connectivity index (χ0n) is 14.2. The fourth-order valence-electron chi connectivity index (χ4n) is 2.23. The third-order valence-electron chi connectivity index (χ3n) is 3.82. The largest absolute Gasteiger partial charge is 0.494 e. The van der Waals surface area contributed by atoms with E-state index in [-0.39, 0.29) is 16.2 Å². The quantitative estimate of drug-likeness (QED) is 0.213. The summed E-state index contributed by atoms with van der Waals surface area (Å²) in [4.78, 5) is 16.0. The number of nitrogens with zero attached hydrogens (tertiary/aromatic N) is 2. The number of aromatic nitrogens is 2. The van der Waals surface area contributed by atoms with Crippen LogP contribution in [0.4, 0.5) is 0 Å². The Balaban J connectivity index is 2.78. The molecule has 0 amide bonds. The summed E-state index contributed by atoms with van der Waals surface area (Å²) >= 11 is 5.09. The zero-order valence-corrected chi connectivity index (χ0v) is 15.0. The molecule has 23 heavy (non-hydrogen) atoms. The van der Waals surface area contributed by atoms with Crippen molar-refractivity contribution in [1.82, 2.24) is 15.0 Å². The van der Waals surface area contributed by atoms with E-state index in [1.165, 1.54) is 15.7 Å². The number of hydrogen-bond acceptors (Lipinski definition) is 5. The molecule has 0 atom stereocenters. The van der Waals surface area contributed by atoms with Crippen LogP contribution in [0, 0.1) is 4.77 Å². The number of hydrazone groups is 1. The van der Waals surface area contributed by atoms with Gasteiger partial charge in [-0.15, -0.1) is 0 Å². The summed E-state index contributed by atoms with van der Waals surface area (Å²) in [5, 5.41) is 14.3. The van der Waals surface area contributed by atoms with Crippen molar-refractivity contribution in [2.45, 2.75) is 40.2 Å². The standard InChI is InChI=1S/C15H27N5O2S/c1-4-7-9-20-14(22)12(13(21)18-15(20)23)11-17-16-8-10-19(5-2)6-3/h11,16,22H,4-10H2,1-3H3,(H,18,21,23)/p+1/b17-11+. The summed E-state index contributed by atoms with van der Waals surface area (Å²) in [6.45, 7) is 10.7. The molecule has 130 valence electrons. The Labute approximate surface area is 142 Å². The Bertz CT molecular complexity index is 619. The molecule has 4 N–H and O–H groups in total. The van der Waals surface area contributed by atoms with Crippen LogP contribution in [0.5, 0.6) is 5.88 Å². The minimum Gasteiger partial charge on any atom is -0.494 e. The molecule has 0 spiro atoms. The first-order chi connectivity index (χ1) is 11.0. The Hall–Kier alpha value is -1.67. The van der Waals surface area contributed by atoms with Gasteiger partial charge in [0.15, 0.2) is 4.77 Å². The minimum absolute atomic E-state index is 0.123. The monoisotopic (exact) mass is 342 g/mol. The molecule has 1 aromatic heterocycles. The summed E-state index contributed by atoms with van der Waals surface area (Å²) in [6, 6.07) is 0. The van der Waals surface area contributed by atoms with Gasteiger partial charge >= 0.3 is 0 Å². The van der Waals surface area contributed by atoms with Crippen LogP contribution in [-0.4, -0.2) is 47.1 Å². The Morgan fingerprint density at radius 2 is 2.09 bits per heavy atom. The Kier molecular flexibility index (Phi) is 8.57. The van der Waals surface area contributed by atoms with Gasteiger partial charge in [-0.25, -0.2) is 0 Å². The van der Waals surface area contributed by atoms with E-state index >= 15 is 0 Å². The van der Waals surface area contributed by atoms with Crippen molar-refractivity contribution in [2.24, 2.45) is 5.10 Å². The highest BCUT2D eigenvalue weighted by Gasteiger charge is 2.10. The number of quaternary nitrogens is 1. The summed E-state index contributed by atoms with van der Waals surface area (Å²) < 4.78 is 1.76. The lowest BCUT2D eigenvalue weighted by molar-refractivity contribution is -0.895. The van der Waals surface area contributed by atoms with E-state index in [1.54, 1.807) is 0 Å². The zero-order chi connectivity index (χ0) is 17.2. The normalized spacial score (nSPS) is 11.5. The molecule has 1 rings (SSSR count). The van der Waals surface area contributed by atoms with Gasteiger partial charge in [-0.2, -0.15) is 5.10 Å². The van der Waals surface area contributed by atoms with Crippen LogP contribution in [0.1, 0.15) is 39.2 Å². The summed E-state index contributed by atoms with van der Waals surface area (Å²) in [5.74, 6) is -0.132. The first kappa shape index (κ1) is 19.4. The Morgan fingerprint density at radius 1 is 1.39 bits per heavy atom. The van der Waals surface area contributed by atoms with Crippen molar-refractivity contribution < 1.29 is 10.0 Å². The highest BCUT2D eigenvalue weighted by atomic mass is 32.1. The number of nitrogens with one attached hydrogen (secondary N) is 3. The molecule has 8 heteroatoms. The first-order valence-corrected chi connectivity index (χ1v) is 8.61. The smallest absolute Gasteiger partial charge is 0.264 e. The maximum atomic E-state index is 11.9.